The van der Waals surface area contributed by atoms with Crippen molar-refractivity contribution in [1.29, 1.82) is 0 Å². The second-order valence-corrected chi connectivity index (χ2v) is 5.72. The zero-order valence-corrected chi connectivity index (χ0v) is 10.1. The van der Waals surface area contributed by atoms with Gasteiger partial charge in [-0.05, 0) is 0 Å². The number of hydrogen-bond acceptors (Lipinski definition) is 6. The molecule has 0 spiro atoms. The highest BCUT2D eigenvalue weighted by Crippen LogP contribution is 2.42. The minimum atomic E-state index is -4.75. The van der Waals surface area contributed by atoms with E-state index >= 15 is 0 Å². The molecule has 1 heterocycles. The number of ether oxygens (including phenoxy) is 1. The predicted molar refractivity (Wildman–Crippen MR) is 50.4 cm³/mol. The lowest BCUT2D eigenvalue weighted by Crippen LogP contribution is -2.26. The number of aliphatic hydroxyl groups excluding tert-OH is 1. The molecule has 1 aliphatic heterocycles. The summed E-state index contributed by atoms with van der Waals surface area (Å²) < 4.78 is 33.9. The molecular formula is C5H12O10P2. The van der Waals surface area contributed by atoms with Crippen molar-refractivity contribution < 1.29 is 47.6 Å². The molecule has 0 unspecified atom stereocenters. The second-order valence-electron chi connectivity index (χ2n) is 3.29. The number of aliphatic hydroxyl groups is 1. The van der Waals surface area contributed by atoms with Gasteiger partial charge in [0.15, 0.2) is 6.29 Å². The lowest BCUT2D eigenvalue weighted by Gasteiger charge is -2.15. The molecule has 1 aliphatic rings. The molecule has 1 fully saturated rings. The summed E-state index contributed by atoms with van der Waals surface area (Å²) in [6.07, 6.45) is -3.91. The van der Waals surface area contributed by atoms with Crippen LogP contribution in [0.2, 0.25) is 0 Å². The SMILES string of the molecule is O=P(O)(O)OC[C@H]1O[C@@H](OP(=O)(O)O)C[C@@H]1O. The van der Waals surface area contributed by atoms with Crippen LogP contribution < -0.4 is 0 Å². The van der Waals surface area contributed by atoms with E-state index < -0.39 is 40.8 Å². The molecule has 0 aromatic carbocycles. The van der Waals surface area contributed by atoms with Crippen LogP contribution in [0.3, 0.4) is 0 Å². The first-order chi connectivity index (χ1) is 7.57. The van der Waals surface area contributed by atoms with Crippen LogP contribution in [0.15, 0.2) is 0 Å². The Kier molecular flexibility index (Phi) is 4.84. The minimum Gasteiger partial charge on any atom is -0.390 e. The molecule has 0 saturated carbocycles. The molecule has 0 aromatic heterocycles. The fraction of sp³-hybridized carbons (Fsp3) is 1.00. The normalized spacial score (nSPS) is 30.8. The van der Waals surface area contributed by atoms with Gasteiger partial charge in [-0.1, -0.05) is 0 Å². The predicted octanol–water partition coefficient (Wildman–Crippen LogP) is -1.32. The molecule has 12 heteroatoms. The van der Waals surface area contributed by atoms with Crippen LogP contribution in [-0.4, -0.2) is 49.8 Å². The van der Waals surface area contributed by atoms with E-state index in [9.17, 15) is 14.2 Å². The number of phosphoric ester groups is 2. The Balaban J connectivity index is 2.45. The first kappa shape index (κ1) is 15.2. The summed E-state index contributed by atoms with van der Waals surface area (Å²) >= 11 is 0. The summed E-state index contributed by atoms with van der Waals surface area (Å²) in [7, 11) is -9.44. The molecule has 102 valence electrons. The molecule has 5 N–H and O–H groups in total. The van der Waals surface area contributed by atoms with Gasteiger partial charge in [0.2, 0.25) is 0 Å². The zero-order chi connectivity index (χ0) is 13.3. The highest BCUT2D eigenvalue weighted by Gasteiger charge is 2.39. The van der Waals surface area contributed by atoms with Crippen LogP contribution in [0.4, 0.5) is 0 Å². The van der Waals surface area contributed by atoms with Gasteiger partial charge in [0.05, 0.1) is 12.7 Å². The van der Waals surface area contributed by atoms with Crippen molar-refractivity contribution in [1.82, 2.24) is 0 Å². The molecule has 10 nitrogen and oxygen atoms in total. The van der Waals surface area contributed by atoms with Gasteiger partial charge < -0.3 is 29.4 Å². The van der Waals surface area contributed by atoms with E-state index in [-0.39, 0.29) is 6.42 Å². The number of phosphoric acid groups is 2. The average molecular weight is 294 g/mol. The summed E-state index contributed by atoms with van der Waals surface area (Å²) in [5.74, 6) is 0. The monoisotopic (exact) mass is 294 g/mol. The fourth-order valence-electron chi connectivity index (χ4n) is 1.23. The lowest BCUT2D eigenvalue weighted by molar-refractivity contribution is -0.101. The van der Waals surface area contributed by atoms with Crippen molar-refractivity contribution in [3.05, 3.63) is 0 Å². The summed E-state index contributed by atoms with van der Waals surface area (Å²) in [5.41, 5.74) is 0. The molecule has 3 atom stereocenters. The van der Waals surface area contributed by atoms with Crippen LogP contribution in [-0.2, 0) is 22.9 Å². The third kappa shape index (κ3) is 6.03. The Morgan fingerprint density at radius 3 is 2.24 bits per heavy atom. The standard InChI is InChI=1S/C5H12O10P2/c6-3-1-5(15-17(10,11)12)14-4(3)2-13-16(7,8)9/h3-6H,1-2H2,(H2,7,8,9)(H2,10,11,12)/t3-,4+,5-/m0/s1. The number of rotatable bonds is 5. The van der Waals surface area contributed by atoms with Gasteiger partial charge >= 0.3 is 15.6 Å². The quantitative estimate of drug-likeness (QED) is 0.384. The molecule has 17 heavy (non-hydrogen) atoms. The zero-order valence-electron chi connectivity index (χ0n) is 8.32. The van der Waals surface area contributed by atoms with Crippen molar-refractivity contribution in [3.63, 3.8) is 0 Å². The first-order valence-corrected chi connectivity index (χ1v) is 7.40. The van der Waals surface area contributed by atoms with E-state index in [4.69, 9.17) is 24.3 Å². The molecule has 0 amide bonds. The molecule has 1 rings (SSSR count). The summed E-state index contributed by atoms with van der Waals surface area (Å²) in [6, 6.07) is 0. The molecule has 0 aliphatic carbocycles. The van der Waals surface area contributed by atoms with Gasteiger partial charge in [-0.3, -0.25) is 9.05 Å². The van der Waals surface area contributed by atoms with Crippen molar-refractivity contribution in [2.45, 2.75) is 24.9 Å². The van der Waals surface area contributed by atoms with E-state index in [0.29, 0.717) is 0 Å². The Bertz CT molecular complexity index is 345. The first-order valence-electron chi connectivity index (χ1n) is 4.34. The molecular weight excluding hydrogens is 282 g/mol. The Morgan fingerprint density at radius 2 is 1.76 bits per heavy atom. The largest absolute Gasteiger partial charge is 0.471 e. The van der Waals surface area contributed by atoms with Gasteiger partial charge in [-0.15, -0.1) is 0 Å². The maximum Gasteiger partial charge on any atom is 0.471 e. The fourth-order valence-corrected chi connectivity index (χ4v) is 2.02. The van der Waals surface area contributed by atoms with Crippen molar-refractivity contribution >= 4 is 15.6 Å². The van der Waals surface area contributed by atoms with E-state index in [0.717, 1.165) is 0 Å². The van der Waals surface area contributed by atoms with Crippen LogP contribution in [0, 0.1) is 0 Å². The maximum atomic E-state index is 10.5. The second kappa shape index (κ2) is 5.41. The van der Waals surface area contributed by atoms with E-state index in [1.165, 1.54) is 0 Å². The average Bonchev–Trinajstić information content (AvgIpc) is 2.38. The highest BCUT2D eigenvalue weighted by molar-refractivity contribution is 7.46. The van der Waals surface area contributed by atoms with Gasteiger partial charge in [0.1, 0.15) is 6.10 Å². The van der Waals surface area contributed by atoms with Crippen molar-refractivity contribution in [2.75, 3.05) is 6.61 Å². The van der Waals surface area contributed by atoms with Crippen molar-refractivity contribution in [3.8, 4) is 0 Å². The van der Waals surface area contributed by atoms with E-state index in [1.54, 1.807) is 0 Å². The maximum absolute atomic E-state index is 10.5. The minimum absolute atomic E-state index is 0.236. The van der Waals surface area contributed by atoms with E-state index in [1.807, 2.05) is 0 Å². The smallest absolute Gasteiger partial charge is 0.390 e. The topological polar surface area (TPSA) is 163 Å². The molecule has 0 aromatic rings. The van der Waals surface area contributed by atoms with Gasteiger partial charge in [-0.2, -0.15) is 0 Å². The lowest BCUT2D eigenvalue weighted by atomic mass is 10.2. The summed E-state index contributed by atoms with van der Waals surface area (Å²) in [4.78, 5) is 33.8. The third-order valence-electron chi connectivity index (χ3n) is 1.85. The third-order valence-corrected chi connectivity index (χ3v) is 2.85. The molecule has 0 bridgehead atoms. The summed E-state index contributed by atoms with van der Waals surface area (Å²) in [6.45, 7) is -0.619. The summed E-state index contributed by atoms with van der Waals surface area (Å²) in [5, 5.41) is 9.36. The van der Waals surface area contributed by atoms with Crippen molar-refractivity contribution in [2.24, 2.45) is 0 Å². The Hall–Kier alpha value is 0.140. The van der Waals surface area contributed by atoms with Gasteiger partial charge in [-0.25, -0.2) is 9.13 Å². The van der Waals surface area contributed by atoms with E-state index in [2.05, 4.69) is 9.05 Å². The van der Waals surface area contributed by atoms with Gasteiger partial charge in [0.25, 0.3) is 0 Å². The Morgan fingerprint density at radius 1 is 1.18 bits per heavy atom. The van der Waals surface area contributed by atoms with Crippen LogP contribution in [0.1, 0.15) is 6.42 Å². The van der Waals surface area contributed by atoms with Crippen LogP contribution in [0.25, 0.3) is 0 Å². The van der Waals surface area contributed by atoms with Gasteiger partial charge in [0, 0.05) is 6.42 Å². The molecule has 1 saturated heterocycles. The Labute approximate surface area is 95.6 Å². The molecule has 0 radical (unpaired) electrons. The van der Waals surface area contributed by atoms with Crippen LogP contribution in [0.5, 0.6) is 0 Å². The number of hydrogen-bond donors (Lipinski definition) is 5. The van der Waals surface area contributed by atoms with Crippen LogP contribution >= 0.6 is 15.6 Å². The highest BCUT2D eigenvalue weighted by atomic mass is 31.2.